The Balaban J connectivity index is 1.55. The Hall–Kier alpha value is -0.370. The van der Waals surface area contributed by atoms with Gasteiger partial charge in [0.05, 0.1) is 5.60 Å². The van der Waals surface area contributed by atoms with Crippen LogP contribution < -0.4 is 0 Å². The van der Waals surface area contributed by atoms with Gasteiger partial charge in [-0.15, -0.1) is 0 Å². The fourth-order valence-electron chi connectivity index (χ4n) is 7.05. The standard InChI is InChI=1S/C20H32O2/c1-3-20(22)11-9-14-13(12-20)4-5-16-15(14)8-10-19(2)17(16)6-7-18(19)21/h13-17,22H,3-12H2,1-2H3/t13-,14+,15-,16-,17+,19+,20-/m1/s1. The first kappa shape index (κ1) is 15.2. The van der Waals surface area contributed by atoms with Gasteiger partial charge in [-0.3, -0.25) is 4.79 Å². The van der Waals surface area contributed by atoms with Crippen LogP contribution in [-0.4, -0.2) is 16.5 Å². The van der Waals surface area contributed by atoms with Crippen molar-refractivity contribution in [1.29, 1.82) is 0 Å². The van der Waals surface area contributed by atoms with Crippen molar-refractivity contribution in [2.45, 2.75) is 83.7 Å². The molecule has 4 fully saturated rings. The SMILES string of the molecule is CC[C@@]1(O)CC[C@H]2[C@H](CC[C@@H]3[C@@H]2CC[C@]2(C)C(=O)CC[C@@H]32)C1. The first-order valence-corrected chi connectivity index (χ1v) is 9.72. The molecule has 0 spiro atoms. The van der Waals surface area contributed by atoms with Gasteiger partial charge in [0.1, 0.15) is 5.78 Å². The van der Waals surface area contributed by atoms with Crippen LogP contribution in [-0.2, 0) is 4.79 Å². The maximum atomic E-state index is 12.4. The molecule has 0 heterocycles. The minimum atomic E-state index is -0.374. The number of fused-ring (bicyclic) bond motifs is 5. The zero-order chi connectivity index (χ0) is 15.5. The van der Waals surface area contributed by atoms with E-state index in [2.05, 4.69) is 13.8 Å². The number of Topliss-reactive ketones (excluding diaryl/α,β-unsaturated/α-hetero) is 1. The molecule has 4 aliphatic carbocycles. The molecule has 4 saturated carbocycles. The van der Waals surface area contributed by atoms with Crippen molar-refractivity contribution >= 4 is 5.78 Å². The third kappa shape index (κ3) is 2.05. The van der Waals surface area contributed by atoms with Crippen LogP contribution in [0.25, 0.3) is 0 Å². The molecule has 0 radical (unpaired) electrons. The highest BCUT2D eigenvalue weighted by Crippen LogP contribution is 2.62. The largest absolute Gasteiger partial charge is 0.390 e. The number of ketones is 1. The van der Waals surface area contributed by atoms with E-state index in [0.717, 1.165) is 62.2 Å². The average Bonchev–Trinajstić information content (AvgIpc) is 2.82. The van der Waals surface area contributed by atoms with E-state index in [1.54, 1.807) is 0 Å². The van der Waals surface area contributed by atoms with Crippen LogP contribution >= 0.6 is 0 Å². The molecule has 124 valence electrons. The third-order valence-electron chi connectivity index (χ3n) is 8.47. The number of aliphatic hydroxyl groups is 1. The predicted molar refractivity (Wildman–Crippen MR) is 87.4 cm³/mol. The summed E-state index contributed by atoms with van der Waals surface area (Å²) in [4.78, 5) is 12.4. The van der Waals surface area contributed by atoms with E-state index in [1.165, 1.54) is 25.7 Å². The van der Waals surface area contributed by atoms with Crippen molar-refractivity contribution in [2.24, 2.45) is 35.0 Å². The molecule has 7 atom stereocenters. The van der Waals surface area contributed by atoms with Gasteiger partial charge in [-0.2, -0.15) is 0 Å². The van der Waals surface area contributed by atoms with E-state index in [0.29, 0.717) is 11.7 Å². The summed E-state index contributed by atoms with van der Waals surface area (Å²) < 4.78 is 0. The van der Waals surface area contributed by atoms with Crippen LogP contribution in [0, 0.1) is 35.0 Å². The molecule has 2 heteroatoms. The molecule has 4 aliphatic rings. The molecule has 4 rings (SSSR count). The molecule has 0 aliphatic heterocycles. The monoisotopic (exact) mass is 304 g/mol. The summed E-state index contributed by atoms with van der Waals surface area (Å²) in [6.07, 6.45) is 11.2. The molecule has 0 amide bonds. The lowest BCUT2D eigenvalue weighted by Crippen LogP contribution is -2.50. The molecular weight excluding hydrogens is 272 g/mol. The van der Waals surface area contributed by atoms with Gasteiger partial charge < -0.3 is 5.11 Å². The second kappa shape index (κ2) is 5.06. The molecule has 2 nitrogen and oxygen atoms in total. The van der Waals surface area contributed by atoms with E-state index in [-0.39, 0.29) is 11.0 Å². The number of hydrogen-bond donors (Lipinski definition) is 1. The first-order valence-electron chi connectivity index (χ1n) is 9.72. The second-order valence-electron chi connectivity index (χ2n) is 9.17. The Bertz CT molecular complexity index is 472. The van der Waals surface area contributed by atoms with E-state index in [9.17, 15) is 9.90 Å². The van der Waals surface area contributed by atoms with Crippen LogP contribution in [0.2, 0.25) is 0 Å². The Morgan fingerprint density at radius 2 is 1.82 bits per heavy atom. The Kier molecular flexibility index (Phi) is 3.49. The van der Waals surface area contributed by atoms with Crippen LogP contribution in [0.4, 0.5) is 0 Å². The lowest BCUT2D eigenvalue weighted by molar-refractivity contribution is -0.135. The van der Waals surface area contributed by atoms with Gasteiger partial charge in [-0.1, -0.05) is 13.8 Å². The molecule has 1 N–H and O–H groups in total. The van der Waals surface area contributed by atoms with Crippen LogP contribution in [0.5, 0.6) is 0 Å². The minimum Gasteiger partial charge on any atom is -0.390 e. The van der Waals surface area contributed by atoms with Gasteiger partial charge in [0, 0.05) is 11.8 Å². The van der Waals surface area contributed by atoms with E-state index in [1.807, 2.05) is 0 Å². The fraction of sp³-hybridized carbons (Fsp3) is 0.950. The highest BCUT2D eigenvalue weighted by atomic mass is 16.3. The van der Waals surface area contributed by atoms with Gasteiger partial charge in [0.2, 0.25) is 0 Å². The number of hydrogen-bond acceptors (Lipinski definition) is 2. The van der Waals surface area contributed by atoms with E-state index >= 15 is 0 Å². The Morgan fingerprint density at radius 3 is 2.59 bits per heavy atom. The lowest BCUT2D eigenvalue weighted by Gasteiger charge is -2.56. The highest BCUT2D eigenvalue weighted by Gasteiger charge is 2.57. The maximum Gasteiger partial charge on any atom is 0.139 e. The molecule has 0 aromatic rings. The van der Waals surface area contributed by atoms with Gasteiger partial charge in [-0.25, -0.2) is 0 Å². The van der Waals surface area contributed by atoms with Gasteiger partial charge in [-0.05, 0) is 87.4 Å². The zero-order valence-electron chi connectivity index (χ0n) is 14.3. The Labute approximate surface area is 135 Å². The highest BCUT2D eigenvalue weighted by molar-refractivity contribution is 5.87. The summed E-state index contributed by atoms with van der Waals surface area (Å²) in [5.41, 5.74) is -0.354. The summed E-state index contributed by atoms with van der Waals surface area (Å²) in [7, 11) is 0. The summed E-state index contributed by atoms with van der Waals surface area (Å²) in [5, 5.41) is 10.7. The van der Waals surface area contributed by atoms with Crippen LogP contribution in [0.1, 0.15) is 78.1 Å². The average molecular weight is 304 g/mol. The summed E-state index contributed by atoms with van der Waals surface area (Å²) >= 11 is 0. The fourth-order valence-corrected chi connectivity index (χ4v) is 7.05. The number of carbonyl (C=O) groups is 1. The molecule has 0 saturated heterocycles. The van der Waals surface area contributed by atoms with Crippen LogP contribution in [0.3, 0.4) is 0 Å². The third-order valence-corrected chi connectivity index (χ3v) is 8.47. The molecule has 22 heavy (non-hydrogen) atoms. The van der Waals surface area contributed by atoms with Gasteiger partial charge >= 0.3 is 0 Å². The maximum absolute atomic E-state index is 12.4. The van der Waals surface area contributed by atoms with Crippen molar-refractivity contribution in [3.05, 3.63) is 0 Å². The topological polar surface area (TPSA) is 37.3 Å². The summed E-state index contributed by atoms with van der Waals surface area (Å²) in [5.74, 6) is 4.48. The summed E-state index contributed by atoms with van der Waals surface area (Å²) in [6, 6.07) is 0. The lowest BCUT2D eigenvalue weighted by atomic mass is 9.49. The zero-order valence-corrected chi connectivity index (χ0v) is 14.3. The van der Waals surface area contributed by atoms with Gasteiger partial charge in [0.25, 0.3) is 0 Å². The normalized spacial score (nSPS) is 54.5. The van der Waals surface area contributed by atoms with Gasteiger partial charge in [0.15, 0.2) is 0 Å². The first-order chi connectivity index (χ1) is 10.5. The molecule has 0 unspecified atom stereocenters. The molecule has 0 bridgehead atoms. The quantitative estimate of drug-likeness (QED) is 0.782. The number of rotatable bonds is 1. The minimum absolute atomic E-state index is 0.0207. The van der Waals surface area contributed by atoms with Crippen molar-refractivity contribution in [3.8, 4) is 0 Å². The second-order valence-corrected chi connectivity index (χ2v) is 9.17. The van der Waals surface area contributed by atoms with E-state index in [4.69, 9.17) is 0 Å². The number of carbonyl (C=O) groups excluding carboxylic acids is 1. The van der Waals surface area contributed by atoms with Crippen molar-refractivity contribution in [3.63, 3.8) is 0 Å². The van der Waals surface area contributed by atoms with Crippen molar-refractivity contribution in [1.82, 2.24) is 0 Å². The van der Waals surface area contributed by atoms with Crippen molar-refractivity contribution in [2.75, 3.05) is 0 Å². The molecule has 0 aromatic carbocycles. The van der Waals surface area contributed by atoms with Crippen LogP contribution in [0.15, 0.2) is 0 Å². The van der Waals surface area contributed by atoms with Crippen molar-refractivity contribution < 1.29 is 9.90 Å². The van der Waals surface area contributed by atoms with E-state index < -0.39 is 0 Å². The summed E-state index contributed by atoms with van der Waals surface area (Å²) in [6.45, 7) is 4.41. The Morgan fingerprint density at radius 1 is 1.05 bits per heavy atom. The molecule has 0 aromatic heterocycles. The molecular formula is C20H32O2. The smallest absolute Gasteiger partial charge is 0.139 e. The predicted octanol–water partition coefficient (Wildman–Crippen LogP) is 4.35.